The van der Waals surface area contributed by atoms with E-state index in [-0.39, 0.29) is 12.0 Å². The predicted molar refractivity (Wildman–Crippen MR) is 56.7 cm³/mol. The second-order valence-corrected chi connectivity index (χ2v) is 4.08. The number of hydrogen-bond donors (Lipinski definition) is 1. The number of anilines is 1. The van der Waals surface area contributed by atoms with Crippen LogP contribution in [0.15, 0.2) is 18.3 Å². The number of carbonyl (C=O) groups is 1. The monoisotopic (exact) mass is 206 g/mol. The molecule has 2 rings (SSSR count). The van der Waals surface area contributed by atoms with E-state index in [1.165, 1.54) is 0 Å². The standard InChI is InChI=1S/C11H14N2O2/c1-7(2)6-9-11(14)13-10-8(15-9)4-3-5-12-10/h3-5,7,9H,6H2,1-2H3,(H,12,13,14). The largest absolute Gasteiger partial charge is 0.477 e. The molecule has 1 aliphatic heterocycles. The van der Waals surface area contributed by atoms with Gasteiger partial charge in [-0.15, -0.1) is 0 Å². The number of ether oxygens (including phenoxy) is 1. The van der Waals surface area contributed by atoms with Crippen LogP contribution in [-0.2, 0) is 4.79 Å². The highest BCUT2D eigenvalue weighted by Gasteiger charge is 2.28. The number of amides is 1. The van der Waals surface area contributed by atoms with Crippen molar-refractivity contribution in [3.8, 4) is 5.75 Å². The zero-order chi connectivity index (χ0) is 10.8. The summed E-state index contributed by atoms with van der Waals surface area (Å²) in [5.74, 6) is 1.50. The van der Waals surface area contributed by atoms with Gasteiger partial charge in [0.1, 0.15) is 0 Å². The molecule has 1 amide bonds. The Kier molecular flexibility index (Phi) is 2.58. The summed E-state index contributed by atoms with van der Waals surface area (Å²) in [6.07, 6.45) is 1.97. The van der Waals surface area contributed by atoms with Gasteiger partial charge in [0, 0.05) is 6.20 Å². The number of aromatic nitrogens is 1. The minimum Gasteiger partial charge on any atom is -0.477 e. The Labute approximate surface area is 88.7 Å². The maximum Gasteiger partial charge on any atom is 0.266 e. The molecule has 1 atom stereocenters. The number of pyridine rings is 1. The van der Waals surface area contributed by atoms with Gasteiger partial charge < -0.3 is 10.1 Å². The van der Waals surface area contributed by atoms with Gasteiger partial charge in [-0.1, -0.05) is 13.8 Å². The topological polar surface area (TPSA) is 51.2 Å². The van der Waals surface area contributed by atoms with Crippen molar-refractivity contribution >= 4 is 11.7 Å². The van der Waals surface area contributed by atoms with Crippen LogP contribution in [0.4, 0.5) is 5.82 Å². The van der Waals surface area contributed by atoms with E-state index in [0.29, 0.717) is 17.5 Å². The molecule has 0 aromatic carbocycles. The molecule has 0 saturated carbocycles. The molecule has 0 fully saturated rings. The van der Waals surface area contributed by atoms with Gasteiger partial charge in [0.2, 0.25) is 0 Å². The second kappa shape index (κ2) is 3.88. The van der Waals surface area contributed by atoms with Crippen LogP contribution in [0.1, 0.15) is 20.3 Å². The highest BCUT2D eigenvalue weighted by molar-refractivity contribution is 5.96. The third-order valence-electron chi connectivity index (χ3n) is 2.26. The average Bonchev–Trinajstić information content (AvgIpc) is 2.18. The molecular weight excluding hydrogens is 192 g/mol. The van der Waals surface area contributed by atoms with Gasteiger partial charge in [0.15, 0.2) is 17.7 Å². The van der Waals surface area contributed by atoms with Gasteiger partial charge in [-0.25, -0.2) is 4.98 Å². The van der Waals surface area contributed by atoms with Crippen molar-refractivity contribution in [2.24, 2.45) is 5.92 Å². The molecule has 0 radical (unpaired) electrons. The Bertz CT molecular complexity index is 377. The first-order valence-corrected chi connectivity index (χ1v) is 5.09. The van der Waals surface area contributed by atoms with E-state index in [9.17, 15) is 4.79 Å². The van der Waals surface area contributed by atoms with Gasteiger partial charge in [0.25, 0.3) is 5.91 Å². The van der Waals surface area contributed by atoms with Crippen molar-refractivity contribution < 1.29 is 9.53 Å². The summed E-state index contributed by atoms with van der Waals surface area (Å²) < 4.78 is 5.58. The number of rotatable bonds is 2. The van der Waals surface area contributed by atoms with Crippen LogP contribution in [0.2, 0.25) is 0 Å². The van der Waals surface area contributed by atoms with Crippen LogP contribution < -0.4 is 10.1 Å². The number of fused-ring (bicyclic) bond motifs is 1. The molecule has 1 unspecified atom stereocenters. The predicted octanol–water partition coefficient (Wildman–Crippen LogP) is 1.83. The van der Waals surface area contributed by atoms with Crippen LogP contribution >= 0.6 is 0 Å². The molecule has 1 aromatic rings. The van der Waals surface area contributed by atoms with Crippen molar-refractivity contribution in [1.82, 2.24) is 4.98 Å². The fraction of sp³-hybridized carbons (Fsp3) is 0.455. The van der Waals surface area contributed by atoms with Crippen LogP contribution in [0.25, 0.3) is 0 Å². The van der Waals surface area contributed by atoms with Crippen LogP contribution in [0.5, 0.6) is 5.75 Å². The van der Waals surface area contributed by atoms with Gasteiger partial charge in [-0.05, 0) is 24.5 Å². The van der Waals surface area contributed by atoms with E-state index in [1.54, 1.807) is 12.3 Å². The summed E-state index contributed by atoms with van der Waals surface area (Å²) in [5, 5.41) is 2.74. The smallest absolute Gasteiger partial charge is 0.266 e. The lowest BCUT2D eigenvalue weighted by atomic mass is 10.0. The van der Waals surface area contributed by atoms with Gasteiger partial charge >= 0.3 is 0 Å². The number of nitrogens with one attached hydrogen (secondary N) is 1. The zero-order valence-electron chi connectivity index (χ0n) is 8.86. The summed E-state index contributed by atoms with van der Waals surface area (Å²) in [7, 11) is 0. The molecular formula is C11H14N2O2. The van der Waals surface area contributed by atoms with Gasteiger partial charge in [-0.2, -0.15) is 0 Å². The maximum absolute atomic E-state index is 11.6. The molecule has 2 heterocycles. The molecule has 4 heteroatoms. The summed E-state index contributed by atoms with van der Waals surface area (Å²) >= 11 is 0. The molecule has 15 heavy (non-hydrogen) atoms. The molecule has 1 aromatic heterocycles. The lowest BCUT2D eigenvalue weighted by molar-refractivity contribution is -0.124. The Morgan fingerprint density at radius 1 is 1.60 bits per heavy atom. The first-order chi connectivity index (χ1) is 7.16. The van der Waals surface area contributed by atoms with Crippen molar-refractivity contribution in [3.63, 3.8) is 0 Å². The van der Waals surface area contributed by atoms with Crippen LogP contribution in [0.3, 0.4) is 0 Å². The van der Waals surface area contributed by atoms with E-state index in [4.69, 9.17) is 4.74 Å². The fourth-order valence-corrected chi connectivity index (χ4v) is 1.57. The summed E-state index contributed by atoms with van der Waals surface area (Å²) in [5.41, 5.74) is 0. The van der Waals surface area contributed by atoms with E-state index in [1.807, 2.05) is 6.07 Å². The highest BCUT2D eigenvalue weighted by atomic mass is 16.5. The second-order valence-electron chi connectivity index (χ2n) is 4.08. The molecule has 0 bridgehead atoms. The third-order valence-corrected chi connectivity index (χ3v) is 2.26. The Hall–Kier alpha value is -1.58. The number of carbonyl (C=O) groups excluding carboxylic acids is 1. The summed E-state index contributed by atoms with van der Waals surface area (Å²) in [6, 6.07) is 3.61. The molecule has 0 saturated heterocycles. The van der Waals surface area contributed by atoms with Crippen LogP contribution in [0, 0.1) is 5.92 Å². The van der Waals surface area contributed by atoms with Crippen LogP contribution in [-0.4, -0.2) is 17.0 Å². The Morgan fingerprint density at radius 3 is 3.13 bits per heavy atom. The first kappa shape index (κ1) is 9.96. The van der Waals surface area contributed by atoms with Crippen molar-refractivity contribution in [1.29, 1.82) is 0 Å². The number of hydrogen-bond acceptors (Lipinski definition) is 3. The highest BCUT2D eigenvalue weighted by Crippen LogP contribution is 2.28. The molecule has 0 spiro atoms. The first-order valence-electron chi connectivity index (χ1n) is 5.09. The van der Waals surface area contributed by atoms with Crippen molar-refractivity contribution in [2.75, 3.05) is 5.32 Å². The van der Waals surface area contributed by atoms with Crippen molar-refractivity contribution in [3.05, 3.63) is 18.3 Å². The molecule has 1 aliphatic rings. The molecule has 4 nitrogen and oxygen atoms in total. The molecule has 80 valence electrons. The quantitative estimate of drug-likeness (QED) is 0.803. The van der Waals surface area contributed by atoms with E-state index < -0.39 is 0 Å². The van der Waals surface area contributed by atoms with Gasteiger partial charge in [-0.3, -0.25) is 4.79 Å². The lowest BCUT2D eigenvalue weighted by Crippen LogP contribution is -2.38. The Morgan fingerprint density at radius 2 is 2.40 bits per heavy atom. The maximum atomic E-state index is 11.6. The van der Waals surface area contributed by atoms with Gasteiger partial charge in [0.05, 0.1) is 0 Å². The summed E-state index contributed by atoms with van der Waals surface area (Å²) in [4.78, 5) is 15.6. The minimum atomic E-state index is -0.387. The SMILES string of the molecule is CC(C)CC1Oc2cccnc2NC1=O. The summed E-state index contributed by atoms with van der Waals surface area (Å²) in [6.45, 7) is 4.13. The molecule has 1 N–H and O–H groups in total. The Balaban J connectivity index is 2.18. The van der Waals surface area contributed by atoms with Crippen molar-refractivity contribution in [2.45, 2.75) is 26.4 Å². The lowest BCUT2D eigenvalue weighted by Gasteiger charge is -2.25. The van der Waals surface area contributed by atoms with E-state index >= 15 is 0 Å². The van der Waals surface area contributed by atoms with E-state index in [2.05, 4.69) is 24.1 Å². The molecule has 0 aliphatic carbocycles. The normalized spacial score (nSPS) is 19.4. The fourth-order valence-electron chi connectivity index (χ4n) is 1.57. The number of nitrogens with zero attached hydrogens (tertiary/aromatic N) is 1. The van der Waals surface area contributed by atoms with E-state index in [0.717, 1.165) is 6.42 Å². The average molecular weight is 206 g/mol. The zero-order valence-corrected chi connectivity index (χ0v) is 8.86. The minimum absolute atomic E-state index is 0.102. The third kappa shape index (κ3) is 2.09.